The normalized spacial score (nSPS) is 11.7. The van der Waals surface area contributed by atoms with Crippen LogP contribution >= 0.6 is 0 Å². The molecule has 4 heteroatoms. The van der Waals surface area contributed by atoms with E-state index in [-0.39, 0.29) is 5.54 Å². The molecule has 96 valence electrons. The Morgan fingerprint density at radius 1 is 1.22 bits per heavy atom. The Morgan fingerprint density at radius 3 is 2.67 bits per heavy atom. The van der Waals surface area contributed by atoms with Crippen molar-refractivity contribution in [1.29, 1.82) is 0 Å². The van der Waals surface area contributed by atoms with Crippen LogP contribution in [-0.4, -0.2) is 21.7 Å². The molecular weight excluding hydrogens is 224 g/mol. The Labute approximate surface area is 108 Å². The van der Waals surface area contributed by atoms with Crippen LogP contribution in [0.15, 0.2) is 36.7 Å². The molecule has 1 heterocycles. The highest BCUT2D eigenvalue weighted by molar-refractivity contribution is 5.22. The van der Waals surface area contributed by atoms with Crippen molar-refractivity contribution >= 4 is 0 Å². The molecule has 0 amide bonds. The smallest absolute Gasteiger partial charge is 0.137 e. The Bertz CT molecular complexity index is 448. The molecule has 0 saturated carbocycles. The van der Waals surface area contributed by atoms with Gasteiger partial charge in [-0.25, -0.2) is 4.98 Å². The maximum Gasteiger partial charge on any atom is 0.137 e. The second kappa shape index (κ2) is 5.78. The predicted molar refractivity (Wildman–Crippen MR) is 72.2 cm³/mol. The highest BCUT2D eigenvalue weighted by atomic mass is 15.2. The van der Waals surface area contributed by atoms with Crippen LogP contribution in [0.1, 0.15) is 31.7 Å². The number of hydrogen-bond donors (Lipinski definition) is 2. The van der Waals surface area contributed by atoms with Crippen molar-refractivity contribution < 1.29 is 0 Å². The van der Waals surface area contributed by atoms with Crippen molar-refractivity contribution in [2.45, 2.75) is 32.2 Å². The summed E-state index contributed by atoms with van der Waals surface area (Å²) in [6.45, 7) is 5.37. The third-order valence-electron chi connectivity index (χ3n) is 3.12. The number of aromatic amines is 1. The Hall–Kier alpha value is -1.68. The number of aromatic nitrogens is 3. The van der Waals surface area contributed by atoms with E-state index in [0.29, 0.717) is 0 Å². The quantitative estimate of drug-likeness (QED) is 0.766. The van der Waals surface area contributed by atoms with Gasteiger partial charge >= 0.3 is 0 Å². The van der Waals surface area contributed by atoms with E-state index in [1.54, 1.807) is 6.33 Å². The molecule has 0 unspecified atom stereocenters. The van der Waals surface area contributed by atoms with Crippen LogP contribution in [0.2, 0.25) is 0 Å². The SMILES string of the molecule is CC(C)(NCCCc1ncn[nH]1)c1ccccc1. The van der Waals surface area contributed by atoms with Crippen LogP contribution in [0.25, 0.3) is 0 Å². The molecule has 0 aliphatic heterocycles. The summed E-state index contributed by atoms with van der Waals surface area (Å²) in [6, 6.07) is 10.5. The number of hydrogen-bond acceptors (Lipinski definition) is 3. The van der Waals surface area contributed by atoms with Crippen LogP contribution < -0.4 is 5.32 Å². The molecule has 4 nitrogen and oxygen atoms in total. The van der Waals surface area contributed by atoms with E-state index >= 15 is 0 Å². The molecule has 1 aromatic carbocycles. The van der Waals surface area contributed by atoms with Crippen molar-refractivity contribution in [2.75, 3.05) is 6.54 Å². The minimum Gasteiger partial charge on any atom is -0.308 e. The number of benzene rings is 1. The maximum absolute atomic E-state index is 4.11. The van der Waals surface area contributed by atoms with Gasteiger partial charge in [0.25, 0.3) is 0 Å². The first-order valence-electron chi connectivity index (χ1n) is 6.33. The van der Waals surface area contributed by atoms with Gasteiger partial charge in [-0.05, 0) is 32.4 Å². The van der Waals surface area contributed by atoms with Crippen LogP contribution in [0.5, 0.6) is 0 Å². The molecule has 2 N–H and O–H groups in total. The number of rotatable bonds is 6. The molecule has 2 rings (SSSR count). The minimum atomic E-state index is 0.00265. The second-order valence-corrected chi connectivity index (χ2v) is 4.95. The molecule has 0 atom stereocenters. The third kappa shape index (κ3) is 3.40. The molecular formula is C14H20N4. The fourth-order valence-electron chi connectivity index (χ4n) is 1.96. The summed E-state index contributed by atoms with van der Waals surface area (Å²) < 4.78 is 0. The number of nitrogens with one attached hydrogen (secondary N) is 2. The molecule has 1 aromatic heterocycles. The first-order valence-corrected chi connectivity index (χ1v) is 6.33. The van der Waals surface area contributed by atoms with Crippen molar-refractivity contribution in [3.8, 4) is 0 Å². The summed E-state index contributed by atoms with van der Waals surface area (Å²) in [6.07, 6.45) is 3.53. The highest BCUT2D eigenvalue weighted by Crippen LogP contribution is 2.19. The van der Waals surface area contributed by atoms with Gasteiger partial charge in [-0.15, -0.1) is 0 Å². The van der Waals surface area contributed by atoms with Gasteiger partial charge in [-0.2, -0.15) is 5.10 Å². The lowest BCUT2D eigenvalue weighted by molar-refractivity contribution is 0.399. The standard InChI is InChI=1S/C14H20N4/c1-14(2,12-7-4-3-5-8-12)16-10-6-9-13-15-11-17-18-13/h3-5,7-8,11,16H,6,9-10H2,1-2H3,(H,15,17,18). The van der Waals surface area contributed by atoms with Gasteiger partial charge in [0.2, 0.25) is 0 Å². The number of nitrogens with zero attached hydrogens (tertiary/aromatic N) is 2. The molecule has 0 radical (unpaired) electrons. The van der Waals surface area contributed by atoms with Crippen molar-refractivity contribution in [2.24, 2.45) is 0 Å². The van der Waals surface area contributed by atoms with E-state index in [1.165, 1.54) is 5.56 Å². The van der Waals surface area contributed by atoms with Gasteiger partial charge in [0.1, 0.15) is 12.2 Å². The molecule has 0 aliphatic carbocycles. The average Bonchev–Trinajstić information content (AvgIpc) is 2.89. The van der Waals surface area contributed by atoms with E-state index in [2.05, 4.69) is 58.6 Å². The molecule has 0 aliphatic rings. The molecule has 18 heavy (non-hydrogen) atoms. The zero-order valence-electron chi connectivity index (χ0n) is 11.0. The fourth-order valence-corrected chi connectivity index (χ4v) is 1.96. The summed E-state index contributed by atoms with van der Waals surface area (Å²) in [5.74, 6) is 0.953. The highest BCUT2D eigenvalue weighted by Gasteiger charge is 2.18. The van der Waals surface area contributed by atoms with Crippen molar-refractivity contribution in [3.63, 3.8) is 0 Å². The first-order chi connectivity index (χ1) is 8.68. The van der Waals surface area contributed by atoms with Gasteiger partial charge < -0.3 is 5.32 Å². The van der Waals surface area contributed by atoms with Crippen LogP contribution in [0.4, 0.5) is 0 Å². The third-order valence-corrected chi connectivity index (χ3v) is 3.12. The summed E-state index contributed by atoms with van der Waals surface area (Å²) in [4.78, 5) is 4.11. The van der Waals surface area contributed by atoms with Crippen LogP contribution in [0.3, 0.4) is 0 Å². The molecule has 2 aromatic rings. The number of H-pyrrole nitrogens is 1. The summed E-state index contributed by atoms with van der Waals surface area (Å²) in [7, 11) is 0. The topological polar surface area (TPSA) is 53.6 Å². The molecule has 0 bridgehead atoms. The zero-order valence-corrected chi connectivity index (χ0v) is 11.0. The average molecular weight is 244 g/mol. The minimum absolute atomic E-state index is 0.00265. The zero-order chi connectivity index (χ0) is 12.8. The van der Waals surface area contributed by atoms with E-state index in [0.717, 1.165) is 25.2 Å². The predicted octanol–water partition coefficient (Wildman–Crippen LogP) is 2.26. The van der Waals surface area contributed by atoms with E-state index in [1.807, 2.05) is 6.07 Å². The van der Waals surface area contributed by atoms with Crippen LogP contribution in [-0.2, 0) is 12.0 Å². The Morgan fingerprint density at radius 2 is 2.00 bits per heavy atom. The van der Waals surface area contributed by atoms with Gasteiger partial charge in [-0.3, -0.25) is 5.10 Å². The fraction of sp³-hybridized carbons (Fsp3) is 0.429. The van der Waals surface area contributed by atoms with Crippen molar-refractivity contribution in [3.05, 3.63) is 48.0 Å². The summed E-state index contributed by atoms with van der Waals surface area (Å²) in [5.41, 5.74) is 1.31. The Balaban J connectivity index is 1.79. The van der Waals surface area contributed by atoms with Gasteiger partial charge in [0.05, 0.1) is 0 Å². The monoisotopic (exact) mass is 244 g/mol. The Kier molecular flexibility index (Phi) is 4.10. The summed E-state index contributed by atoms with van der Waals surface area (Å²) in [5, 5.41) is 10.3. The first kappa shape index (κ1) is 12.8. The van der Waals surface area contributed by atoms with Gasteiger partial charge in [0, 0.05) is 12.0 Å². The van der Waals surface area contributed by atoms with Gasteiger partial charge in [0.15, 0.2) is 0 Å². The van der Waals surface area contributed by atoms with Gasteiger partial charge in [-0.1, -0.05) is 30.3 Å². The van der Waals surface area contributed by atoms with E-state index in [9.17, 15) is 0 Å². The lowest BCUT2D eigenvalue weighted by atomic mass is 9.94. The summed E-state index contributed by atoms with van der Waals surface area (Å²) >= 11 is 0. The molecule has 0 spiro atoms. The van der Waals surface area contributed by atoms with E-state index < -0.39 is 0 Å². The lowest BCUT2D eigenvalue weighted by Crippen LogP contribution is -2.37. The largest absolute Gasteiger partial charge is 0.308 e. The molecule has 0 fully saturated rings. The molecule has 0 saturated heterocycles. The van der Waals surface area contributed by atoms with E-state index in [4.69, 9.17) is 0 Å². The lowest BCUT2D eigenvalue weighted by Gasteiger charge is -2.27. The maximum atomic E-state index is 4.11. The van der Waals surface area contributed by atoms with Crippen LogP contribution in [0, 0.1) is 0 Å². The second-order valence-electron chi connectivity index (χ2n) is 4.95. The van der Waals surface area contributed by atoms with Crippen molar-refractivity contribution in [1.82, 2.24) is 20.5 Å². The number of aryl methyl sites for hydroxylation is 1.